The molecule has 1 amide bonds. The second-order valence-corrected chi connectivity index (χ2v) is 5.88. The van der Waals surface area contributed by atoms with E-state index in [1.54, 1.807) is 6.92 Å². The number of rotatable bonds is 5. The predicted molar refractivity (Wildman–Crippen MR) is 97.1 cm³/mol. The van der Waals surface area contributed by atoms with E-state index in [0.29, 0.717) is 6.54 Å². The van der Waals surface area contributed by atoms with Crippen molar-refractivity contribution in [3.8, 4) is 5.75 Å². The summed E-state index contributed by atoms with van der Waals surface area (Å²) in [5.74, 6) is 0.622. The highest BCUT2D eigenvalue weighted by Gasteiger charge is 2.15. The van der Waals surface area contributed by atoms with E-state index >= 15 is 0 Å². The molecular weight excluding hydrogens is 298 g/mol. The van der Waals surface area contributed by atoms with Crippen LogP contribution in [-0.2, 0) is 11.3 Å². The van der Waals surface area contributed by atoms with Gasteiger partial charge in [-0.3, -0.25) is 4.79 Å². The monoisotopic (exact) mass is 319 g/mol. The van der Waals surface area contributed by atoms with Crippen LogP contribution in [0.2, 0.25) is 0 Å². The number of carbonyl (C=O) groups is 1. The Morgan fingerprint density at radius 2 is 1.71 bits per heavy atom. The van der Waals surface area contributed by atoms with Crippen LogP contribution in [0, 0.1) is 6.92 Å². The van der Waals surface area contributed by atoms with E-state index in [9.17, 15) is 4.79 Å². The maximum Gasteiger partial charge on any atom is 0.261 e. The summed E-state index contributed by atoms with van der Waals surface area (Å²) < 4.78 is 5.77. The SMILES string of the molecule is Cc1ccccc1O[C@@H](C)C(=O)NCc1cccc2ccccc12. The molecule has 3 aromatic carbocycles. The molecule has 122 valence electrons. The fourth-order valence-corrected chi connectivity index (χ4v) is 2.71. The molecule has 0 aliphatic heterocycles. The van der Waals surface area contributed by atoms with Crippen LogP contribution in [-0.4, -0.2) is 12.0 Å². The number of nitrogens with one attached hydrogen (secondary N) is 1. The second kappa shape index (κ2) is 7.18. The molecule has 1 atom stereocenters. The molecule has 24 heavy (non-hydrogen) atoms. The third-order valence-corrected chi connectivity index (χ3v) is 4.10. The summed E-state index contributed by atoms with van der Waals surface area (Å²) in [4.78, 5) is 12.3. The Kier molecular flexibility index (Phi) is 4.80. The minimum absolute atomic E-state index is 0.119. The van der Waals surface area contributed by atoms with Gasteiger partial charge in [-0.1, -0.05) is 60.7 Å². The Balaban J connectivity index is 1.65. The smallest absolute Gasteiger partial charge is 0.261 e. The summed E-state index contributed by atoms with van der Waals surface area (Å²) in [6.45, 7) is 4.22. The highest BCUT2D eigenvalue weighted by molar-refractivity contribution is 5.86. The number of para-hydroxylation sites is 1. The molecule has 0 aliphatic rings. The number of carbonyl (C=O) groups excluding carboxylic acids is 1. The minimum Gasteiger partial charge on any atom is -0.481 e. The van der Waals surface area contributed by atoms with Crippen LogP contribution in [0.25, 0.3) is 10.8 Å². The number of hydrogen-bond donors (Lipinski definition) is 1. The highest BCUT2D eigenvalue weighted by Crippen LogP contribution is 2.19. The molecule has 3 nitrogen and oxygen atoms in total. The van der Waals surface area contributed by atoms with Crippen molar-refractivity contribution in [2.45, 2.75) is 26.5 Å². The van der Waals surface area contributed by atoms with Crippen LogP contribution in [0.5, 0.6) is 5.75 Å². The number of aryl methyl sites for hydroxylation is 1. The molecule has 3 rings (SSSR count). The van der Waals surface area contributed by atoms with Crippen molar-refractivity contribution in [1.82, 2.24) is 5.32 Å². The number of benzene rings is 3. The highest BCUT2D eigenvalue weighted by atomic mass is 16.5. The van der Waals surface area contributed by atoms with E-state index in [1.165, 1.54) is 5.39 Å². The lowest BCUT2D eigenvalue weighted by Gasteiger charge is -2.16. The normalized spacial score (nSPS) is 11.9. The Labute approximate surface area is 142 Å². The van der Waals surface area contributed by atoms with Crippen molar-refractivity contribution in [2.24, 2.45) is 0 Å². The first-order chi connectivity index (χ1) is 11.6. The Morgan fingerprint density at radius 1 is 1.00 bits per heavy atom. The van der Waals surface area contributed by atoms with Crippen LogP contribution in [0.4, 0.5) is 0 Å². The van der Waals surface area contributed by atoms with E-state index in [-0.39, 0.29) is 5.91 Å². The zero-order valence-corrected chi connectivity index (χ0v) is 14.0. The summed E-state index contributed by atoms with van der Waals surface area (Å²) in [6, 6.07) is 22.0. The quantitative estimate of drug-likeness (QED) is 0.764. The standard InChI is InChI=1S/C21H21NO2/c1-15-8-3-6-13-20(15)24-16(2)21(23)22-14-18-11-7-10-17-9-4-5-12-19(17)18/h3-13,16H,14H2,1-2H3,(H,22,23)/t16-/m0/s1. The van der Waals surface area contributed by atoms with Gasteiger partial charge in [-0.25, -0.2) is 0 Å². The Bertz CT molecular complexity index is 852. The maximum atomic E-state index is 12.3. The molecule has 3 aromatic rings. The largest absolute Gasteiger partial charge is 0.481 e. The molecule has 1 N–H and O–H groups in total. The summed E-state index contributed by atoms with van der Waals surface area (Å²) >= 11 is 0. The maximum absolute atomic E-state index is 12.3. The topological polar surface area (TPSA) is 38.3 Å². The van der Waals surface area contributed by atoms with E-state index < -0.39 is 6.10 Å². The van der Waals surface area contributed by atoms with Crippen molar-refractivity contribution >= 4 is 16.7 Å². The van der Waals surface area contributed by atoms with Crippen LogP contribution < -0.4 is 10.1 Å². The molecule has 3 heteroatoms. The van der Waals surface area contributed by atoms with Gasteiger partial charge in [0.2, 0.25) is 0 Å². The van der Waals surface area contributed by atoms with Crippen LogP contribution >= 0.6 is 0 Å². The zero-order valence-electron chi connectivity index (χ0n) is 14.0. The first-order valence-corrected chi connectivity index (χ1v) is 8.12. The van der Waals surface area contributed by atoms with Gasteiger partial charge in [0.1, 0.15) is 5.75 Å². The third kappa shape index (κ3) is 3.57. The number of amides is 1. The number of hydrogen-bond acceptors (Lipinski definition) is 2. The van der Waals surface area contributed by atoms with Crippen molar-refractivity contribution in [2.75, 3.05) is 0 Å². The predicted octanol–water partition coefficient (Wildman–Crippen LogP) is 4.23. The van der Waals surface area contributed by atoms with E-state index in [4.69, 9.17) is 4.74 Å². The van der Waals surface area contributed by atoms with Gasteiger partial charge in [-0.2, -0.15) is 0 Å². The van der Waals surface area contributed by atoms with Crippen molar-refractivity contribution in [1.29, 1.82) is 0 Å². The average Bonchev–Trinajstić information content (AvgIpc) is 2.61. The van der Waals surface area contributed by atoms with E-state index in [2.05, 4.69) is 23.5 Å². The Hall–Kier alpha value is -2.81. The summed E-state index contributed by atoms with van der Waals surface area (Å²) in [5, 5.41) is 5.30. The lowest BCUT2D eigenvalue weighted by molar-refractivity contribution is -0.127. The van der Waals surface area contributed by atoms with Crippen molar-refractivity contribution < 1.29 is 9.53 Å². The van der Waals surface area contributed by atoms with Gasteiger partial charge in [0.25, 0.3) is 5.91 Å². The minimum atomic E-state index is -0.541. The van der Waals surface area contributed by atoms with Gasteiger partial charge in [-0.15, -0.1) is 0 Å². The zero-order chi connectivity index (χ0) is 16.9. The number of fused-ring (bicyclic) bond motifs is 1. The fourth-order valence-electron chi connectivity index (χ4n) is 2.71. The molecule has 0 saturated heterocycles. The van der Waals surface area contributed by atoms with Crippen LogP contribution in [0.1, 0.15) is 18.1 Å². The van der Waals surface area contributed by atoms with Gasteiger partial charge in [0.15, 0.2) is 6.10 Å². The van der Waals surface area contributed by atoms with Gasteiger partial charge in [-0.05, 0) is 41.8 Å². The fraction of sp³-hybridized carbons (Fsp3) is 0.190. The molecular formula is C21H21NO2. The van der Waals surface area contributed by atoms with Crippen LogP contribution in [0.15, 0.2) is 66.7 Å². The summed E-state index contributed by atoms with van der Waals surface area (Å²) in [5.41, 5.74) is 2.12. The van der Waals surface area contributed by atoms with Gasteiger partial charge >= 0.3 is 0 Å². The van der Waals surface area contributed by atoms with E-state index in [0.717, 1.165) is 22.3 Å². The molecule has 0 aromatic heterocycles. The van der Waals surface area contributed by atoms with Gasteiger partial charge in [0, 0.05) is 6.54 Å². The third-order valence-electron chi connectivity index (χ3n) is 4.10. The molecule has 0 unspecified atom stereocenters. The van der Waals surface area contributed by atoms with Crippen molar-refractivity contribution in [3.05, 3.63) is 77.9 Å². The first-order valence-electron chi connectivity index (χ1n) is 8.12. The van der Waals surface area contributed by atoms with Gasteiger partial charge in [0.05, 0.1) is 0 Å². The molecule has 0 radical (unpaired) electrons. The molecule has 0 saturated carbocycles. The summed E-state index contributed by atoms with van der Waals surface area (Å²) in [6.07, 6.45) is -0.541. The molecule has 0 fully saturated rings. The lowest BCUT2D eigenvalue weighted by atomic mass is 10.0. The van der Waals surface area contributed by atoms with Crippen LogP contribution in [0.3, 0.4) is 0 Å². The average molecular weight is 319 g/mol. The molecule has 0 spiro atoms. The summed E-state index contributed by atoms with van der Waals surface area (Å²) in [7, 11) is 0. The Morgan fingerprint density at radius 3 is 2.54 bits per heavy atom. The second-order valence-electron chi connectivity index (χ2n) is 5.88. The molecule has 0 bridgehead atoms. The lowest BCUT2D eigenvalue weighted by Crippen LogP contribution is -2.36. The van der Waals surface area contributed by atoms with E-state index in [1.807, 2.05) is 55.5 Å². The van der Waals surface area contributed by atoms with Crippen molar-refractivity contribution in [3.63, 3.8) is 0 Å². The molecule has 0 aliphatic carbocycles. The first kappa shape index (κ1) is 16.1. The van der Waals surface area contributed by atoms with Gasteiger partial charge < -0.3 is 10.1 Å². The molecule has 0 heterocycles. The number of ether oxygens (including phenoxy) is 1.